The Bertz CT molecular complexity index is 1650. The lowest BCUT2D eigenvalue weighted by Gasteiger charge is -2.26. The Labute approximate surface area is 249 Å². The van der Waals surface area contributed by atoms with Gasteiger partial charge in [0, 0.05) is 37.0 Å². The van der Waals surface area contributed by atoms with Crippen LogP contribution in [0.15, 0.2) is 24.3 Å². The van der Waals surface area contributed by atoms with Gasteiger partial charge >= 0.3 is 12.4 Å². The predicted molar refractivity (Wildman–Crippen MR) is 149 cm³/mol. The van der Waals surface area contributed by atoms with Crippen LogP contribution in [0.2, 0.25) is 0 Å². The highest BCUT2D eigenvalue weighted by Gasteiger charge is 2.60. The fourth-order valence-electron chi connectivity index (χ4n) is 6.95. The molecule has 0 saturated heterocycles. The Kier molecular flexibility index (Phi) is 7.37. The molecule has 0 radical (unpaired) electrons. The zero-order chi connectivity index (χ0) is 31.6. The topological polar surface area (TPSA) is 89.6 Å². The van der Waals surface area contributed by atoms with Gasteiger partial charge in [-0.15, -0.1) is 5.10 Å². The van der Waals surface area contributed by atoms with Crippen molar-refractivity contribution in [3.63, 3.8) is 0 Å². The van der Waals surface area contributed by atoms with Gasteiger partial charge in [0.2, 0.25) is 0 Å². The Morgan fingerprint density at radius 3 is 2.18 bits per heavy atom. The molecule has 2 atom stereocenters. The van der Waals surface area contributed by atoms with Gasteiger partial charge in [-0.1, -0.05) is 17.9 Å². The number of aryl methyl sites for hydroxylation is 3. The van der Waals surface area contributed by atoms with E-state index in [4.69, 9.17) is 4.98 Å². The maximum absolute atomic E-state index is 13.7. The van der Waals surface area contributed by atoms with E-state index < -0.39 is 23.5 Å². The molecule has 0 spiro atoms. The zero-order valence-electron chi connectivity index (χ0n) is 24.8. The molecule has 3 aromatic heterocycles. The summed E-state index contributed by atoms with van der Waals surface area (Å²) in [5.74, 6) is 0.630. The second-order valence-corrected chi connectivity index (χ2v) is 12.0. The van der Waals surface area contributed by atoms with Crippen LogP contribution < -0.4 is 10.2 Å². The van der Waals surface area contributed by atoms with Crippen molar-refractivity contribution >= 4 is 17.0 Å². The molecule has 2 saturated carbocycles. The standard InChI is InChI=1S/C29H33F6N9/c1-16-22-11-18(24(37-25(22)42(3)39-16)23-13-27(23,36-2)19-7-5-6-8-19)15-44(26-38-41-43(4)40-26)14-17-9-20(28(30,31)32)12-21(10-17)29(33,34)35/h9-12,19,23,36H,5-8,13-15H2,1-4H3. The van der Waals surface area contributed by atoms with Gasteiger partial charge in [0.05, 0.1) is 29.6 Å². The first-order valence-corrected chi connectivity index (χ1v) is 14.5. The lowest BCUT2D eigenvalue weighted by molar-refractivity contribution is -0.143. The van der Waals surface area contributed by atoms with E-state index in [0.29, 0.717) is 11.6 Å². The van der Waals surface area contributed by atoms with E-state index in [1.807, 2.05) is 27.1 Å². The number of anilines is 1. The molecule has 236 valence electrons. The Morgan fingerprint density at radius 2 is 1.61 bits per heavy atom. The van der Waals surface area contributed by atoms with Crippen LogP contribution in [0.5, 0.6) is 0 Å². The van der Waals surface area contributed by atoms with Crippen molar-refractivity contribution in [2.24, 2.45) is 20.0 Å². The predicted octanol–water partition coefficient (Wildman–Crippen LogP) is 5.68. The van der Waals surface area contributed by atoms with Crippen molar-refractivity contribution in [1.82, 2.24) is 40.3 Å². The number of benzene rings is 1. The molecular weight excluding hydrogens is 588 g/mol. The number of alkyl halides is 6. The van der Waals surface area contributed by atoms with E-state index in [9.17, 15) is 26.3 Å². The highest BCUT2D eigenvalue weighted by atomic mass is 19.4. The summed E-state index contributed by atoms with van der Waals surface area (Å²) in [6.45, 7) is 1.62. The number of likely N-dealkylation sites (N-methyl/N-ethyl adjacent to an activating group) is 1. The van der Waals surface area contributed by atoms with Gasteiger partial charge in [-0.05, 0) is 79.8 Å². The summed E-state index contributed by atoms with van der Waals surface area (Å²) < 4.78 is 83.8. The van der Waals surface area contributed by atoms with Crippen LogP contribution in [0.25, 0.3) is 11.0 Å². The molecule has 4 aromatic rings. The Balaban J connectivity index is 1.44. The van der Waals surface area contributed by atoms with Gasteiger partial charge in [0.15, 0.2) is 5.65 Å². The third kappa shape index (κ3) is 5.50. The highest BCUT2D eigenvalue weighted by Crippen LogP contribution is 2.59. The summed E-state index contributed by atoms with van der Waals surface area (Å²) in [5.41, 5.74) is 0.00909. The van der Waals surface area contributed by atoms with E-state index in [-0.39, 0.29) is 42.1 Å². The normalized spacial score (nSPS) is 21.0. The van der Waals surface area contributed by atoms with Crippen LogP contribution in [-0.2, 0) is 39.5 Å². The first kappa shape index (κ1) is 30.3. The van der Waals surface area contributed by atoms with Crippen molar-refractivity contribution in [1.29, 1.82) is 0 Å². The molecule has 0 aliphatic heterocycles. The van der Waals surface area contributed by atoms with E-state index >= 15 is 0 Å². The summed E-state index contributed by atoms with van der Waals surface area (Å²) in [5, 5.41) is 21.1. The number of aromatic nitrogens is 7. The van der Waals surface area contributed by atoms with Crippen LogP contribution in [0.3, 0.4) is 0 Å². The van der Waals surface area contributed by atoms with Crippen molar-refractivity contribution < 1.29 is 26.3 Å². The van der Waals surface area contributed by atoms with Crippen LogP contribution >= 0.6 is 0 Å². The fraction of sp³-hybridized carbons (Fsp3) is 0.552. The van der Waals surface area contributed by atoms with Crippen LogP contribution in [0.1, 0.15) is 71.7 Å². The summed E-state index contributed by atoms with van der Waals surface area (Å²) in [6, 6.07) is 3.57. The average Bonchev–Trinajstić information content (AvgIpc) is 3.28. The second kappa shape index (κ2) is 10.7. The first-order valence-electron chi connectivity index (χ1n) is 14.5. The fourth-order valence-corrected chi connectivity index (χ4v) is 6.95. The lowest BCUT2D eigenvalue weighted by Crippen LogP contribution is -2.37. The number of hydrogen-bond acceptors (Lipinski definition) is 7. The number of halogens is 6. The van der Waals surface area contributed by atoms with Gasteiger partial charge < -0.3 is 10.2 Å². The van der Waals surface area contributed by atoms with Crippen molar-refractivity contribution in [2.75, 3.05) is 11.9 Å². The van der Waals surface area contributed by atoms with Gasteiger partial charge in [0.1, 0.15) is 0 Å². The van der Waals surface area contributed by atoms with E-state index in [0.717, 1.165) is 53.7 Å². The molecule has 3 heterocycles. The molecule has 15 heteroatoms. The zero-order valence-corrected chi connectivity index (χ0v) is 24.8. The highest BCUT2D eigenvalue weighted by molar-refractivity contribution is 5.79. The molecule has 1 aromatic carbocycles. The molecule has 0 bridgehead atoms. The Hall–Kier alpha value is -3.75. The van der Waals surface area contributed by atoms with E-state index in [2.05, 4.69) is 25.8 Å². The first-order chi connectivity index (χ1) is 20.7. The number of pyridine rings is 1. The summed E-state index contributed by atoms with van der Waals surface area (Å²) in [7, 11) is 5.32. The molecule has 2 aliphatic rings. The van der Waals surface area contributed by atoms with Crippen LogP contribution in [0.4, 0.5) is 32.3 Å². The summed E-state index contributed by atoms with van der Waals surface area (Å²) in [4.78, 5) is 7.83. The monoisotopic (exact) mass is 621 g/mol. The average molecular weight is 622 g/mol. The molecule has 9 nitrogen and oxygen atoms in total. The van der Waals surface area contributed by atoms with Crippen molar-refractivity contribution in [3.05, 3.63) is 57.9 Å². The minimum Gasteiger partial charge on any atom is -0.329 e. The second-order valence-electron chi connectivity index (χ2n) is 12.0. The van der Waals surface area contributed by atoms with Gasteiger partial charge in [-0.3, -0.25) is 4.68 Å². The quantitative estimate of drug-likeness (QED) is 0.253. The maximum Gasteiger partial charge on any atom is 0.416 e. The molecule has 2 unspecified atom stereocenters. The largest absolute Gasteiger partial charge is 0.416 e. The number of rotatable bonds is 8. The van der Waals surface area contributed by atoms with Gasteiger partial charge in [-0.25, -0.2) is 4.98 Å². The smallest absolute Gasteiger partial charge is 0.329 e. The number of tetrazole rings is 1. The third-order valence-electron chi connectivity index (χ3n) is 9.16. The molecule has 2 aliphatic carbocycles. The van der Waals surface area contributed by atoms with Gasteiger partial charge in [0.25, 0.3) is 5.95 Å². The SMILES string of the molecule is CNC1(C2CCCC2)CC1c1nc2c(cc1CN(Cc1cc(C(F)(F)F)cc(C(F)(F)F)c1)c1nnn(C)n1)c(C)nn2C. The van der Waals surface area contributed by atoms with E-state index in [1.54, 1.807) is 9.58 Å². The van der Waals surface area contributed by atoms with Crippen molar-refractivity contribution in [2.45, 2.75) is 75.9 Å². The van der Waals surface area contributed by atoms with E-state index in [1.165, 1.54) is 24.7 Å². The van der Waals surface area contributed by atoms with Crippen LogP contribution in [0, 0.1) is 12.8 Å². The number of fused-ring (bicyclic) bond motifs is 1. The minimum absolute atomic E-state index is 0.0684. The number of nitrogens with zero attached hydrogens (tertiary/aromatic N) is 8. The molecule has 44 heavy (non-hydrogen) atoms. The lowest BCUT2D eigenvalue weighted by atomic mass is 9.91. The number of nitrogens with one attached hydrogen (secondary N) is 1. The van der Waals surface area contributed by atoms with Crippen molar-refractivity contribution in [3.8, 4) is 0 Å². The third-order valence-corrected chi connectivity index (χ3v) is 9.16. The molecule has 1 N–H and O–H groups in total. The molecule has 0 amide bonds. The van der Waals surface area contributed by atoms with Gasteiger partial charge in [-0.2, -0.15) is 36.2 Å². The maximum atomic E-state index is 13.7. The molecule has 6 rings (SSSR count). The van der Waals surface area contributed by atoms with Crippen LogP contribution in [-0.4, -0.2) is 47.6 Å². The number of hydrogen-bond donors (Lipinski definition) is 1. The summed E-state index contributed by atoms with van der Waals surface area (Å²) in [6.07, 6.45) is -4.47. The summed E-state index contributed by atoms with van der Waals surface area (Å²) >= 11 is 0. The minimum atomic E-state index is -4.96. The Morgan fingerprint density at radius 1 is 0.955 bits per heavy atom. The molecule has 2 fully saturated rings. The molecular formula is C29H33F6N9.